The maximum atomic E-state index is 11.5. The van der Waals surface area contributed by atoms with Crippen molar-refractivity contribution in [3.8, 4) is 11.5 Å². The Hall–Kier alpha value is -3.60. The zero-order valence-corrected chi connectivity index (χ0v) is 16.4. The van der Waals surface area contributed by atoms with Gasteiger partial charge in [-0.3, -0.25) is 4.79 Å². The van der Waals surface area contributed by atoms with Crippen LogP contribution in [-0.2, 0) is 18.0 Å². The van der Waals surface area contributed by atoms with Crippen LogP contribution in [0.1, 0.15) is 37.4 Å². The minimum atomic E-state index is -0.380. The standard InChI is InChI=1S/C24H22O5/c1-17-3-5-18(6-4-17)16-29-23-12-11-22(13-21(23)14-25)28-15-19-7-9-20(10-8-19)24(26)27-2/h3-14H,15-16H2,1-2H3. The van der Waals surface area contributed by atoms with Crippen molar-refractivity contribution < 1.29 is 23.8 Å². The Labute approximate surface area is 169 Å². The summed E-state index contributed by atoms with van der Waals surface area (Å²) in [6, 6.07) is 20.2. The van der Waals surface area contributed by atoms with Gasteiger partial charge in [0.2, 0.25) is 0 Å². The van der Waals surface area contributed by atoms with Crippen LogP contribution in [0.3, 0.4) is 0 Å². The largest absolute Gasteiger partial charge is 0.489 e. The molecule has 0 saturated carbocycles. The van der Waals surface area contributed by atoms with Crippen molar-refractivity contribution in [2.75, 3.05) is 7.11 Å². The molecule has 0 aromatic heterocycles. The minimum absolute atomic E-state index is 0.309. The van der Waals surface area contributed by atoms with E-state index < -0.39 is 0 Å². The molecule has 0 unspecified atom stereocenters. The van der Waals surface area contributed by atoms with E-state index >= 15 is 0 Å². The fraction of sp³-hybridized carbons (Fsp3) is 0.167. The van der Waals surface area contributed by atoms with Crippen molar-refractivity contribution in [3.63, 3.8) is 0 Å². The molecule has 0 amide bonds. The lowest BCUT2D eigenvalue weighted by Gasteiger charge is -2.12. The molecule has 0 aliphatic rings. The summed E-state index contributed by atoms with van der Waals surface area (Å²) in [7, 11) is 1.35. The van der Waals surface area contributed by atoms with Crippen LogP contribution in [-0.4, -0.2) is 19.4 Å². The first kappa shape index (κ1) is 20.1. The Morgan fingerprint density at radius 1 is 0.862 bits per heavy atom. The maximum Gasteiger partial charge on any atom is 0.337 e. The van der Waals surface area contributed by atoms with E-state index in [-0.39, 0.29) is 5.97 Å². The van der Waals surface area contributed by atoms with Crippen molar-refractivity contribution >= 4 is 12.3 Å². The van der Waals surface area contributed by atoms with Crippen LogP contribution in [0.25, 0.3) is 0 Å². The highest BCUT2D eigenvalue weighted by Crippen LogP contribution is 2.24. The van der Waals surface area contributed by atoms with Gasteiger partial charge >= 0.3 is 5.97 Å². The molecule has 0 atom stereocenters. The molecule has 29 heavy (non-hydrogen) atoms. The van der Waals surface area contributed by atoms with Crippen LogP contribution < -0.4 is 9.47 Å². The second-order valence-electron chi connectivity index (χ2n) is 6.57. The van der Waals surface area contributed by atoms with E-state index in [9.17, 15) is 9.59 Å². The fourth-order valence-electron chi connectivity index (χ4n) is 2.71. The topological polar surface area (TPSA) is 61.8 Å². The molecule has 148 valence electrons. The molecule has 5 heteroatoms. The van der Waals surface area contributed by atoms with Crippen molar-refractivity contribution in [1.29, 1.82) is 0 Å². The van der Waals surface area contributed by atoms with Gasteiger partial charge < -0.3 is 14.2 Å². The van der Waals surface area contributed by atoms with Crippen molar-refractivity contribution in [2.45, 2.75) is 20.1 Å². The second-order valence-corrected chi connectivity index (χ2v) is 6.57. The van der Waals surface area contributed by atoms with E-state index in [4.69, 9.17) is 9.47 Å². The average molecular weight is 390 g/mol. The van der Waals surface area contributed by atoms with Gasteiger partial charge in [0.05, 0.1) is 18.2 Å². The summed E-state index contributed by atoms with van der Waals surface area (Å²) in [5.74, 6) is 0.691. The molecule has 0 saturated heterocycles. The van der Waals surface area contributed by atoms with Gasteiger partial charge in [-0.05, 0) is 48.4 Å². The summed E-state index contributed by atoms with van der Waals surface area (Å²) < 4.78 is 16.2. The highest BCUT2D eigenvalue weighted by Gasteiger charge is 2.08. The molecule has 0 aliphatic heterocycles. The summed E-state index contributed by atoms with van der Waals surface area (Å²) in [6.45, 7) is 2.72. The van der Waals surface area contributed by atoms with Crippen LogP contribution >= 0.6 is 0 Å². The Bertz CT molecular complexity index is 975. The van der Waals surface area contributed by atoms with E-state index in [0.717, 1.165) is 17.4 Å². The molecule has 5 nitrogen and oxygen atoms in total. The third kappa shape index (κ3) is 5.45. The number of hydrogen-bond donors (Lipinski definition) is 0. The number of aldehydes is 1. The molecule has 0 spiro atoms. The molecule has 3 aromatic rings. The molecular weight excluding hydrogens is 368 g/mol. The van der Waals surface area contributed by atoms with Gasteiger partial charge in [-0.2, -0.15) is 0 Å². The third-order valence-corrected chi connectivity index (χ3v) is 4.40. The van der Waals surface area contributed by atoms with Crippen LogP contribution in [0, 0.1) is 6.92 Å². The molecule has 0 bridgehead atoms. The van der Waals surface area contributed by atoms with Gasteiger partial charge in [0.1, 0.15) is 24.7 Å². The number of hydrogen-bond acceptors (Lipinski definition) is 5. The summed E-state index contributed by atoms with van der Waals surface area (Å²) in [5.41, 5.74) is 4.02. The van der Waals surface area contributed by atoms with E-state index in [0.29, 0.717) is 35.8 Å². The zero-order chi connectivity index (χ0) is 20.6. The first-order valence-electron chi connectivity index (χ1n) is 9.16. The van der Waals surface area contributed by atoms with Gasteiger partial charge in [-0.15, -0.1) is 0 Å². The van der Waals surface area contributed by atoms with Crippen LogP contribution in [0.15, 0.2) is 66.7 Å². The lowest BCUT2D eigenvalue weighted by Crippen LogP contribution is -2.02. The van der Waals surface area contributed by atoms with E-state index in [1.165, 1.54) is 12.7 Å². The lowest BCUT2D eigenvalue weighted by atomic mass is 10.1. The molecule has 0 radical (unpaired) electrons. The van der Waals surface area contributed by atoms with Crippen molar-refractivity contribution in [1.82, 2.24) is 0 Å². The number of carbonyl (C=O) groups is 2. The van der Waals surface area contributed by atoms with Gasteiger partial charge in [-0.25, -0.2) is 4.79 Å². The van der Waals surface area contributed by atoms with Gasteiger partial charge in [0, 0.05) is 0 Å². The second kappa shape index (κ2) is 9.55. The predicted octanol–water partition coefficient (Wildman–Crippen LogP) is 4.75. The van der Waals surface area contributed by atoms with Crippen molar-refractivity contribution in [3.05, 3.63) is 94.5 Å². The number of benzene rings is 3. The average Bonchev–Trinajstić information content (AvgIpc) is 2.77. The van der Waals surface area contributed by atoms with E-state index in [2.05, 4.69) is 4.74 Å². The van der Waals surface area contributed by atoms with Gasteiger partial charge in [0.25, 0.3) is 0 Å². The zero-order valence-electron chi connectivity index (χ0n) is 16.4. The Morgan fingerprint density at radius 2 is 1.48 bits per heavy atom. The minimum Gasteiger partial charge on any atom is -0.489 e. The summed E-state index contributed by atoms with van der Waals surface area (Å²) in [6.07, 6.45) is 0.752. The highest BCUT2D eigenvalue weighted by molar-refractivity contribution is 5.89. The number of rotatable bonds is 8. The monoisotopic (exact) mass is 390 g/mol. The van der Waals surface area contributed by atoms with Gasteiger partial charge in [0.15, 0.2) is 6.29 Å². The fourth-order valence-corrected chi connectivity index (χ4v) is 2.71. The lowest BCUT2D eigenvalue weighted by molar-refractivity contribution is 0.0600. The Kier molecular flexibility index (Phi) is 6.63. The van der Waals surface area contributed by atoms with Crippen LogP contribution in [0.4, 0.5) is 0 Å². The smallest absolute Gasteiger partial charge is 0.337 e. The van der Waals surface area contributed by atoms with Crippen molar-refractivity contribution in [2.24, 2.45) is 0 Å². The molecule has 3 aromatic carbocycles. The molecule has 0 heterocycles. The molecular formula is C24H22O5. The summed E-state index contributed by atoms with van der Waals surface area (Å²) >= 11 is 0. The number of carbonyl (C=O) groups excluding carboxylic acids is 2. The molecule has 0 aliphatic carbocycles. The van der Waals surface area contributed by atoms with E-state index in [1.807, 2.05) is 31.2 Å². The first-order valence-corrected chi connectivity index (χ1v) is 9.16. The molecule has 3 rings (SSSR count). The highest BCUT2D eigenvalue weighted by atomic mass is 16.5. The van der Waals surface area contributed by atoms with Crippen LogP contribution in [0.2, 0.25) is 0 Å². The SMILES string of the molecule is COC(=O)c1ccc(COc2ccc(OCc3ccc(C)cc3)c(C=O)c2)cc1. The normalized spacial score (nSPS) is 10.3. The number of esters is 1. The number of methoxy groups -OCH3 is 1. The number of aryl methyl sites for hydroxylation is 1. The van der Waals surface area contributed by atoms with Gasteiger partial charge in [-0.1, -0.05) is 42.0 Å². The first-order chi connectivity index (χ1) is 14.1. The Morgan fingerprint density at radius 3 is 2.10 bits per heavy atom. The Balaban J connectivity index is 1.61. The van der Waals surface area contributed by atoms with E-state index in [1.54, 1.807) is 42.5 Å². The predicted molar refractivity (Wildman–Crippen MR) is 109 cm³/mol. The third-order valence-electron chi connectivity index (χ3n) is 4.40. The summed E-state index contributed by atoms with van der Waals surface area (Å²) in [4.78, 5) is 22.9. The summed E-state index contributed by atoms with van der Waals surface area (Å²) in [5, 5.41) is 0. The quantitative estimate of drug-likeness (QED) is 0.410. The molecule has 0 fully saturated rings. The molecule has 0 N–H and O–H groups in total. The number of ether oxygens (including phenoxy) is 3. The maximum absolute atomic E-state index is 11.5. The van der Waals surface area contributed by atoms with Crippen LogP contribution in [0.5, 0.6) is 11.5 Å².